The number of rotatable bonds is 3. The van der Waals surface area contributed by atoms with Crippen LogP contribution in [0.4, 0.5) is 4.79 Å². The molecule has 1 N–H and O–H groups in total. The maximum absolute atomic E-state index is 11.7. The van der Waals surface area contributed by atoms with E-state index in [1.165, 1.54) is 0 Å². The van der Waals surface area contributed by atoms with Gasteiger partial charge in [-0.05, 0) is 17.7 Å². The summed E-state index contributed by atoms with van der Waals surface area (Å²) in [6.07, 6.45) is -0.651. The second-order valence-corrected chi connectivity index (χ2v) is 3.82. The number of hydrogen-bond acceptors (Lipinski definition) is 3. The van der Waals surface area contributed by atoms with Crippen molar-refractivity contribution in [3.8, 4) is 11.8 Å². The molecular formula is C15H12N2O2. The zero-order valence-corrected chi connectivity index (χ0v) is 10.1. The van der Waals surface area contributed by atoms with Crippen molar-refractivity contribution in [3.63, 3.8) is 0 Å². The van der Waals surface area contributed by atoms with E-state index in [0.29, 0.717) is 5.75 Å². The lowest BCUT2D eigenvalue weighted by molar-refractivity contribution is 0.198. The number of ether oxygens (including phenoxy) is 1. The molecule has 4 nitrogen and oxygen atoms in total. The molecule has 1 unspecified atom stereocenters. The largest absolute Gasteiger partial charge is 0.413 e. The van der Waals surface area contributed by atoms with E-state index in [2.05, 4.69) is 5.32 Å². The Kier molecular flexibility index (Phi) is 4.14. The van der Waals surface area contributed by atoms with Crippen LogP contribution in [0.2, 0.25) is 0 Å². The summed E-state index contributed by atoms with van der Waals surface area (Å²) in [6, 6.07) is 19.0. The van der Waals surface area contributed by atoms with E-state index in [1.807, 2.05) is 30.3 Å². The number of amides is 1. The van der Waals surface area contributed by atoms with Crippen molar-refractivity contribution in [3.05, 3.63) is 66.2 Å². The normalized spacial score (nSPS) is 11.1. The summed E-state index contributed by atoms with van der Waals surface area (Å²) >= 11 is 0. The first-order valence-electron chi connectivity index (χ1n) is 5.77. The predicted octanol–water partition coefficient (Wildman–Crippen LogP) is 3.04. The van der Waals surface area contributed by atoms with Gasteiger partial charge in [0, 0.05) is 0 Å². The van der Waals surface area contributed by atoms with Crippen LogP contribution in [-0.4, -0.2) is 6.09 Å². The number of hydrogen-bond donors (Lipinski definition) is 1. The third-order valence-electron chi connectivity index (χ3n) is 2.48. The molecule has 1 atom stereocenters. The number of benzene rings is 2. The molecule has 0 saturated carbocycles. The standard InChI is InChI=1S/C15H12N2O2/c16-11-14(12-7-3-1-4-8-12)17-15(18)19-13-9-5-2-6-10-13/h1-10,14H,(H,17,18). The van der Waals surface area contributed by atoms with Gasteiger partial charge in [-0.25, -0.2) is 4.79 Å². The van der Waals surface area contributed by atoms with Crippen molar-refractivity contribution >= 4 is 6.09 Å². The molecule has 2 aromatic carbocycles. The number of nitriles is 1. The topological polar surface area (TPSA) is 62.1 Å². The van der Waals surface area contributed by atoms with E-state index >= 15 is 0 Å². The summed E-state index contributed by atoms with van der Waals surface area (Å²) in [7, 11) is 0. The first-order valence-corrected chi connectivity index (χ1v) is 5.77. The lowest BCUT2D eigenvalue weighted by Crippen LogP contribution is -2.30. The SMILES string of the molecule is N#CC(NC(=O)Oc1ccccc1)c1ccccc1. The molecule has 1 amide bonds. The molecule has 2 aromatic rings. The Labute approximate surface area is 111 Å². The van der Waals surface area contributed by atoms with Crippen LogP contribution in [0, 0.1) is 11.3 Å². The smallest absolute Gasteiger partial charge is 0.410 e. The zero-order chi connectivity index (χ0) is 13.5. The highest BCUT2D eigenvalue weighted by Gasteiger charge is 2.14. The lowest BCUT2D eigenvalue weighted by atomic mass is 10.1. The Hall–Kier alpha value is -2.80. The molecule has 0 spiro atoms. The molecule has 19 heavy (non-hydrogen) atoms. The summed E-state index contributed by atoms with van der Waals surface area (Å²) in [4.78, 5) is 11.7. The third kappa shape index (κ3) is 3.58. The van der Waals surface area contributed by atoms with Crippen LogP contribution >= 0.6 is 0 Å². The molecule has 0 radical (unpaired) electrons. The van der Waals surface area contributed by atoms with E-state index in [4.69, 9.17) is 10.00 Å². The van der Waals surface area contributed by atoms with Gasteiger partial charge in [-0.15, -0.1) is 0 Å². The van der Waals surface area contributed by atoms with Gasteiger partial charge in [-0.2, -0.15) is 5.26 Å². The number of para-hydroxylation sites is 1. The average Bonchev–Trinajstić information content (AvgIpc) is 2.47. The molecule has 0 heterocycles. The fraction of sp³-hybridized carbons (Fsp3) is 0.0667. The molecular weight excluding hydrogens is 240 g/mol. The number of nitrogens with one attached hydrogen (secondary N) is 1. The predicted molar refractivity (Wildman–Crippen MR) is 70.4 cm³/mol. The van der Waals surface area contributed by atoms with Crippen molar-refractivity contribution < 1.29 is 9.53 Å². The van der Waals surface area contributed by atoms with Gasteiger partial charge in [-0.3, -0.25) is 0 Å². The fourth-order valence-electron chi connectivity index (χ4n) is 1.58. The van der Waals surface area contributed by atoms with Crippen LogP contribution < -0.4 is 10.1 Å². The van der Waals surface area contributed by atoms with E-state index in [1.54, 1.807) is 36.4 Å². The highest BCUT2D eigenvalue weighted by Crippen LogP contribution is 2.13. The highest BCUT2D eigenvalue weighted by atomic mass is 16.6. The van der Waals surface area contributed by atoms with E-state index in [0.717, 1.165) is 5.56 Å². The summed E-state index contributed by atoms with van der Waals surface area (Å²) in [5.41, 5.74) is 0.718. The van der Waals surface area contributed by atoms with Crippen LogP contribution in [0.15, 0.2) is 60.7 Å². The van der Waals surface area contributed by atoms with Crippen molar-refractivity contribution in [1.82, 2.24) is 5.32 Å². The average molecular weight is 252 g/mol. The van der Waals surface area contributed by atoms with Gasteiger partial charge >= 0.3 is 6.09 Å². The van der Waals surface area contributed by atoms with Crippen molar-refractivity contribution in [1.29, 1.82) is 5.26 Å². The van der Waals surface area contributed by atoms with E-state index in [-0.39, 0.29) is 0 Å². The Balaban J connectivity index is 2.00. The maximum Gasteiger partial charge on any atom is 0.413 e. The van der Waals surface area contributed by atoms with E-state index < -0.39 is 12.1 Å². The first kappa shape index (κ1) is 12.7. The molecule has 0 aliphatic heterocycles. The minimum absolute atomic E-state index is 0.435. The maximum atomic E-state index is 11.7. The monoisotopic (exact) mass is 252 g/mol. The molecule has 0 saturated heterocycles. The number of carbonyl (C=O) groups excluding carboxylic acids is 1. The summed E-state index contributed by atoms with van der Waals surface area (Å²) in [5, 5.41) is 11.6. The summed E-state index contributed by atoms with van der Waals surface area (Å²) in [6.45, 7) is 0. The fourth-order valence-corrected chi connectivity index (χ4v) is 1.58. The van der Waals surface area contributed by atoms with Crippen molar-refractivity contribution in [2.75, 3.05) is 0 Å². The first-order chi connectivity index (χ1) is 9.29. The molecule has 4 heteroatoms. The summed E-state index contributed by atoms with van der Waals surface area (Å²) < 4.78 is 5.07. The third-order valence-corrected chi connectivity index (χ3v) is 2.48. The number of nitrogens with zero attached hydrogens (tertiary/aromatic N) is 1. The van der Waals surface area contributed by atoms with Gasteiger partial charge in [0.05, 0.1) is 6.07 Å². The van der Waals surface area contributed by atoms with Crippen LogP contribution in [-0.2, 0) is 0 Å². The van der Waals surface area contributed by atoms with Gasteiger partial charge in [0.2, 0.25) is 0 Å². The minimum Gasteiger partial charge on any atom is -0.410 e. The lowest BCUT2D eigenvalue weighted by Gasteiger charge is -2.11. The minimum atomic E-state index is -0.725. The Morgan fingerprint density at radius 3 is 2.21 bits per heavy atom. The molecule has 2 rings (SSSR count). The highest BCUT2D eigenvalue weighted by molar-refractivity contribution is 5.71. The van der Waals surface area contributed by atoms with E-state index in [9.17, 15) is 4.79 Å². The molecule has 0 aliphatic carbocycles. The van der Waals surface area contributed by atoms with Crippen LogP contribution in [0.3, 0.4) is 0 Å². The van der Waals surface area contributed by atoms with Gasteiger partial charge in [-0.1, -0.05) is 48.5 Å². The second-order valence-electron chi connectivity index (χ2n) is 3.82. The quantitative estimate of drug-likeness (QED) is 0.913. The van der Waals surface area contributed by atoms with Gasteiger partial charge in [0.1, 0.15) is 11.8 Å². The van der Waals surface area contributed by atoms with Gasteiger partial charge < -0.3 is 10.1 Å². The molecule has 0 fully saturated rings. The Morgan fingerprint density at radius 1 is 1.05 bits per heavy atom. The van der Waals surface area contributed by atoms with Gasteiger partial charge in [0.15, 0.2) is 0 Å². The summed E-state index contributed by atoms with van der Waals surface area (Å²) in [5.74, 6) is 0.435. The zero-order valence-electron chi connectivity index (χ0n) is 10.1. The molecule has 94 valence electrons. The second kappa shape index (κ2) is 6.22. The van der Waals surface area contributed by atoms with Crippen LogP contribution in [0.5, 0.6) is 5.75 Å². The van der Waals surface area contributed by atoms with Crippen LogP contribution in [0.25, 0.3) is 0 Å². The molecule has 0 aliphatic rings. The van der Waals surface area contributed by atoms with Gasteiger partial charge in [0.25, 0.3) is 0 Å². The molecule has 0 aromatic heterocycles. The Bertz CT molecular complexity index is 576. The van der Waals surface area contributed by atoms with Crippen molar-refractivity contribution in [2.24, 2.45) is 0 Å². The molecule has 0 bridgehead atoms. The Morgan fingerprint density at radius 2 is 1.63 bits per heavy atom. The van der Waals surface area contributed by atoms with Crippen LogP contribution in [0.1, 0.15) is 11.6 Å². The number of carbonyl (C=O) groups is 1. The van der Waals surface area contributed by atoms with Crippen molar-refractivity contribution in [2.45, 2.75) is 6.04 Å².